The molecule has 2 rings (SSSR count). The molecule has 0 saturated carbocycles. The second kappa shape index (κ2) is 6.03. The molecule has 0 unspecified atom stereocenters. The summed E-state index contributed by atoms with van der Waals surface area (Å²) in [4.78, 5) is 10.8. The number of carbonyl (C=O) groups is 1. The van der Waals surface area contributed by atoms with Crippen LogP contribution in [0.25, 0.3) is 0 Å². The van der Waals surface area contributed by atoms with Crippen LogP contribution in [0.15, 0.2) is 36.4 Å². The van der Waals surface area contributed by atoms with Crippen LogP contribution in [0.1, 0.15) is 32.6 Å². The number of rotatable bonds is 4. The summed E-state index contributed by atoms with van der Waals surface area (Å²) in [5, 5.41) is 9.05. The molecule has 0 heterocycles. The van der Waals surface area contributed by atoms with E-state index >= 15 is 0 Å². The highest BCUT2D eigenvalue weighted by molar-refractivity contribution is 5.76. The number of aldehydes is 1. The van der Waals surface area contributed by atoms with Gasteiger partial charge in [0.1, 0.15) is 18.6 Å². The number of carbonyl (C=O) groups excluding carboxylic acids is 1. The van der Waals surface area contributed by atoms with Gasteiger partial charge in [0.15, 0.2) is 0 Å². The van der Waals surface area contributed by atoms with Crippen LogP contribution in [0.4, 0.5) is 0 Å². The van der Waals surface area contributed by atoms with Crippen molar-refractivity contribution >= 4 is 6.29 Å². The average molecular weight is 265 g/mol. The highest BCUT2D eigenvalue weighted by atomic mass is 16.5. The Kier molecular flexibility index (Phi) is 4.17. The molecule has 0 saturated heterocycles. The quantitative estimate of drug-likeness (QED) is 0.794. The summed E-state index contributed by atoms with van der Waals surface area (Å²) in [7, 11) is 0. The van der Waals surface area contributed by atoms with E-state index in [-0.39, 0.29) is 0 Å². The number of hydrogen-bond donors (Lipinski definition) is 0. The number of hydrogen-bond acceptors (Lipinski definition) is 3. The van der Waals surface area contributed by atoms with Gasteiger partial charge in [0.25, 0.3) is 0 Å². The summed E-state index contributed by atoms with van der Waals surface area (Å²) < 4.78 is 5.83. The van der Waals surface area contributed by atoms with Crippen LogP contribution in [0, 0.1) is 25.2 Å². The van der Waals surface area contributed by atoms with E-state index in [0.29, 0.717) is 17.7 Å². The zero-order valence-electron chi connectivity index (χ0n) is 11.5. The molecule has 0 fully saturated rings. The van der Waals surface area contributed by atoms with Gasteiger partial charge in [-0.05, 0) is 43.2 Å². The van der Waals surface area contributed by atoms with Gasteiger partial charge in [0, 0.05) is 11.1 Å². The molecule has 0 aromatic heterocycles. The smallest absolute Gasteiger partial charge is 0.150 e. The minimum atomic E-state index is 0.339. The highest BCUT2D eigenvalue weighted by Gasteiger charge is 2.08. The molecule has 2 aromatic rings. The van der Waals surface area contributed by atoms with Gasteiger partial charge in [-0.2, -0.15) is 5.26 Å². The summed E-state index contributed by atoms with van der Waals surface area (Å²) in [6, 6.07) is 13.1. The van der Waals surface area contributed by atoms with Crippen LogP contribution in [0.3, 0.4) is 0 Å². The van der Waals surface area contributed by atoms with Crippen LogP contribution in [-0.2, 0) is 6.61 Å². The summed E-state index contributed by atoms with van der Waals surface area (Å²) >= 11 is 0. The first kappa shape index (κ1) is 13.8. The monoisotopic (exact) mass is 265 g/mol. The fourth-order valence-electron chi connectivity index (χ4n) is 2.18. The van der Waals surface area contributed by atoms with Crippen LogP contribution < -0.4 is 4.74 Å². The van der Waals surface area contributed by atoms with Crippen molar-refractivity contribution in [1.29, 1.82) is 5.26 Å². The van der Waals surface area contributed by atoms with Crippen LogP contribution in [-0.4, -0.2) is 6.29 Å². The Labute approximate surface area is 118 Å². The molecule has 2 aromatic carbocycles. The molecule has 0 N–H and O–H groups in total. The van der Waals surface area contributed by atoms with Crippen molar-refractivity contribution in [2.24, 2.45) is 0 Å². The van der Waals surface area contributed by atoms with Crippen molar-refractivity contribution in [1.82, 2.24) is 0 Å². The fraction of sp³-hybridized carbons (Fsp3) is 0.176. The van der Waals surface area contributed by atoms with E-state index in [9.17, 15) is 4.79 Å². The fourth-order valence-corrected chi connectivity index (χ4v) is 2.18. The number of aryl methyl sites for hydroxylation is 2. The Morgan fingerprint density at radius 2 is 1.85 bits per heavy atom. The highest BCUT2D eigenvalue weighted by Crippen LogP contribution is 2.25. The largest absolute Gasteiger partial charge is 0.488 e. The Bertz CT molecular complexity index is 661. The van der Waals surface area contributed by atoms with Crippen molar-refractivity contribution in [3.8, 4) is 11.8 Å². The minimum Gasteiger partial charge on any atom is -0.488 e. The molecule has 0 spiro atoms. The lowest BCUT2D eigenvalue weighted by Crippen LogP contribution is -2.01. The van der Waals surface area contributed by atoms with Gasteiger partial charge in [0.2, 0.25) is 0 Å². The molecule has 0 bridgehead atoms. The Morgan fingerprint density at radius 1 is 1.20 bits per heavy atom. The van der Waals surface area contributed by atoms with Gasteiger partial charge in [-0.1, -0.05) is 18.2 Å². The number of benzene rings is 2. The molecule has 0 aliphatic carbocycles. The Morgan fingerprint density at radius 3 is 2.45 bits per heavy atom. The third kappa shape index (κ3) is 2.86. The van der Waals surface area contributed by atoms with E-state index in [4.69, 9.17) is 10.00 Å². The second-order valence-electron chi connectivity index (χ2n) is 4.66. The molecule has 3 heteroatoms. The molecular formula is C17H15NO2. The number of nitrogens with zero attached hydrogens (tertiary/aromatic N) is 1. The van der Waals surface area contributed by atoms with Gasteiger partial charge >= 0.3 is 0 Å². The molecule has 100 valence electrons. The lowest BCUT2D eigenvalue weighted by molar-refractivity contribution is 0.112. The normalized spacial score (nSPS) is 9.85. The minimum absolute atomic E-state index is 0.339. The summed E-state index contributed by atoms with van der Waals surface area (Å²) in [5.74, 6) is 0.767. The first-order valence-corrected chi connectivity index (χ1v) is 6.33. The second-order valence-corrected chi connectivity index (χ2v) is 4.66. The van der Waals surface area contributed by atoms with E-state index < -0.39 is 0 Å². The summed E-state index contributed by atoms with van der Waals surface area (Å²) in [6.07, 6.45) is 0.828. The lowest BCUT2D eigenvalue weighted by Gasteiger charge is -2.13. The average Bonchev–Trinajstić information content (AvgIpc) is 2.46. The molecule has 0 amide bonds. The van der Waals surface area contributed by atoms with Crippen molar-refractivity contribution in [3.05, 3.63) is 64.2 Å². The topological polar surface area (TPSA) is 50.1 Å². The van der Waals surface area contributed by atoms with Crippen LogP contribution in [0.2, 0.25) is 0 Å². The van der Waals surface area contributed by atoms with Crippen molar-refractivity contribution in [2.45, 2.75) is 20.5 Å². The number of ether oxygens (including phenoxy) is 1. The van der Waals surface area contributed by atoms with Crippen LogP contribution >= 0.6 is 0 Å². The van der Waals surface area contributed by atoms with Crippen molar-refractivity contribution in [3.63, 3.8) is 0 Å². The first-order valence-electron chi connectivity index (χ1n) is 6.33. The Balaban J connectivity index is 2.24. The van der Waals surface area contributed by atoms with Gasteiger partial charge in [0.05, 0.1) is 11.6 Å². The maximum Gasteiger partial charge on any atom is 0.150 e. The zero-order chi connectivity index (χ0) is 14.5. The molecule has 0 aliphatic heterocycles. The third-order valence-corrected chi connectivity index (χ3v) is 3.13. The van der Waals surface area contributed by atoms with Gasteiger partial charge < -0.3 is 4.74 Å². The molecule has 0 atom stereocenters. The van der Waals surface area contributed by atoms with E-state index in [1.165, 1.54) is 0 Å². The maximum absolute atomic E-state index is 10.8. The molecule has 0 radical (unpaired) electrons. The van der Waals surface area contributed by atoms with E-state index in [1.54, 1.807) is 18.2 Å². The van der Waals surface area contributed by atoms with Gasteiger partial charge in [-0.3, -0.25) is 4.79 Å². The predicted molar refractivity (Wildman–Crippen MR) is 76.8 cm³/mol. The third-order valence-electron chi connectivity index (χ3n) is 3.13. The van der Waals surface area contributed by atoms with Crippen molar-refractivity contribution < 1.29 is 9.53 Å². The van der Waals surface area contributed by atoms with Crippen molar-refractivity contribution in [2.75, 3.05) is 0 Å². The van der Waals surface area contributed by atoms with Crippen LogP contribution in [0.5, 0.6) is 5.75 Å². The van der Waals surface area contributed by atoms with E-state index in [2.05, 4.69) is 6.07 Å². The molecule has 3 nitrogen and oxygen atoms in total. The SMILES string of the molecule is Cc1cc(C=O)cc(C)c1OCc1ccccc1C#N. The van der Waals surface area contributed by atoms with Gasteiger partial charge in [-0.15, -0.1) is 0 Å². The molecule has 20 heavy (non-hydrogen) atoms. The summed E-state index contributed by atoms with van der Waals surface area (Å²) in [5.41, 5.74) is 3.95. The van der Waals surface area contributed by atoms with E-state index in [0.717, 1.165) is 28.7 Å². The maximum atomic E-state index is 10.8. The molecular weight excluding hydrogens is 250 g/mol. The number of nitriles is 1. The standard InChI is InChI=1S/C17H15NO2/c1-12-7-14(10-19)8-13(2)17(12)20-11-16-6-4-3-5-15(16)9-18/h3-8,10H,11H2,1-2H3. The van der Waals surface area contributed by atoms with E-state index in [1.807, 2.05) is 32.0 Å². The Hall–Kier alpha value is -2.60. The zero-order valence-corrected chi connectivity index (χ0v) is 11.5. The predicted octanol–water partition coefficient (Wildman–Crippen LogP) is 3.57. The first-order chi connectivity index (χ1) is 9.65. The summed E-state index contributed by atoms with van der Waals surface area (Å²) in [6.45, 7) is 4.16. The lowest BCUT2D eigenvalue weighted by atomic mass is 10.1. The molecule has 0 aliphatic rings. The van der Waals surface area contributed by atoms with Gasteiger partial charge in [-0.25, -0.2) is 0 Å².